The van der Waals surface area contributed by atoms with Gasteiger partial charge in [0.25, 0.3) is 0 Å². The van der Waals surface area contributed by atoms with E-state index in [4.69, 9.17) is 4.98 Å². The van der Waals surface area contributed by atoms with E-state index in [-0.39, 0.29) is 23.0 Å². The predicted molar refractivity (Wildman–Crippen MR) is 127 cm³/mol. The number of hydrogen-bond acceptors (Lipinski definition) is 8. The molecule has 2 aliphatic heterocycles. The Kier molecular flexibility index (Phi) is 4.99. The van der Waals surface area contributed by atoms with Crippen LogP contribution in [0, 0.1) is 6.92 Å². The van der Waals surface area contributed by atoms with E-state index in [1.54, 1.807) is 10.5 Å². The second-order valence-electron chi connectivity index (χ2n) is 8.95. The van der Waals surface area contributed by atoms with Gasteiger partial charge in [-0.15, -0.1) is 0 Å². The summed E-state index contributed by atoms with van der Waals surface area (Å²) in [5.74, 6) is 2.06. The fourth-order valence-electron chi connectivity index (χ4n) is 5.20. The molecule has 2 fully saturated rings. The third-order valence-corrected chi connectivity index (χ3v) is 8.59. The van der Waals surface area contributed by atoms with Gasteiger partial charge >= 0.3 is 0 Å². The van der Waals surface area contributed by atoms with E-state index in [1.165, 1.54) is 12.4 Å². The third kappa shape index (κ3) is 3.68. The first-order chi connectivity index (χ1) is 16.5. The monoisotopic (exact) mass is 479 g/mol. The molecule has 2 saturated heterocycles. The molecule has 176 valence electrons. The van der Waals surface area contributed by atoms with Crippen LogP contribution in [0.4, 0.5) is 17.5 Å². The van der Waals surface area contributed by atoms with Crippen molar-refractivity contribution < 1.29 is 8.42 Å². The number of aryl methyl sites for hydroxylation is 1. The van der Waals surface area contributed by atoms with Gasteiger partial charge in [0.1, 0.15) is 16.5 Å². The van der Waals surface area contributed by atoms with Crippen molar-refractivity contribution >= 4 is 38.4 Å². The second kappa shape index (κ2) is 8.06. The number of nitrogens with one attached hydrogen (secondary N) is 4. The molecule has 1 unspecified atom stereocenters. The average molecular weight is 480 g/mol. The number of sulfonamides is 1. The Hall–Kier alpha value is -3.51. The second-order valence-corrected chi connectivity index (χ2v) is 10.8. The quantitative estimate of drug-likeness (QED) is 0.330. The molecule has 12 heteroatoms. The first-order valence-electron chi connectivity index (χ1n) is 11.3. The normalized spacial score (nSPS) is 22.8. The van der Waals surface area contributed by atoms with Gasteiger partial charge in [-0.05, 0) is 44.7 Å². The van der Waals surface area contributed by atoms with Crippen molar-refractivity contribution in [2.75, 3.05) is 10.6 Å². The molecule has 4 aromatic rings. The Morgan fingerprint density at radius 1 is 1.15 bits per heavy atom. The Bertz CT molecular complexity index is 1420. The van der Waals surface area contributed by atoms with Gasteiger partial charge in [0.2, 0.25) is 10.0 Å². The van der Waals surface area contributed by atoms with Crippen LogP contribution in [0.5, 0.6) is 0 Å². The van der Waals surface area contributed by atoms with E-state index < -0.39 is 10.0 Å². The van der Waals surface area contributed by atoms with Crippen molar-refractivity contribution in [3.8, 4) is 0 Å². The highest BCUT2D eigenvalue weighted by molar-refractivity contribution is 7.89. The van der Waals surface area contributed by atoms with E-state index in [0.29, 0.717) is 24.5 Å². The number of pyridine rings is 2. The maximum Gasteiger partial charge on any atom is 0.246 e. The van der Waals surface area contributed by atoms with Crippen LogP contribution in [0.3, 0.4) is 0 Å². The molecule has 6 heterocycles. The fraction of sp³-hybridized carbons (Fsp3) is 0.364. The SMILES string of the molecule is Cc1cc(Nc2cc3ncccc3c(NC3C[C@H]4CC[C@@H](C3)N4S(=O)(=O)c3cn[nH]c3)n2)n[nH]1. The summed E-state index contributed by atoms with van der Waals surface area (Å²) in [7, 11) is -3.56. The van der Waals surface area contributed by atoms with Gasteiger partial charge in [-0.25, -0.2) is 13.4 Å². The van der Waals surface area contributed by atoms with Gasteiger partial charge in [-0.3, -0.25) is 15.2 Å². The van der Waals surface area contributed by atoms with Crippen LogP contribution >= 0.6 is 0 Å². The zero-order chi connectivity index (χ0) is 23.3. The van der Waals surface area contributed by atoms with Crippen LogP contribution < -0.4 is 10.6 Å². The lowest BCUT2D eigenvalue weighted by Gasteiger charge is -2.38. The summed E-state index contributed by atoms with van der Waals surface area (Å²) in [6.07, 6.45) is 7.73. The molecular weight excluding hydrogens is 454 g/mol. The molecule has 0 saturated carbocycles. The van der Waals surface area contributed by atoms with Crippen LogP contribution in [-0.4, -0.2) is 61.2 Å². The molecule has 0 radical (unpaired) electrons. The van der Waals surface area contributed by atoms with Gasteiger partial charge in [-0.1, -0.05) is 0 Å². The summed E-state index contributed by atoms with van der Waals surface area (Å²) in [6.45, 7) is 1.94. The molecule has 6 rings (SSSR count). The molecule has 0 aromatic carbocycles. The molecule has 2 bridgehead atoms. The molecule has 11 nitrogen and oxygen atoms in total. The number of hydrogen-bond donors (Lipinski definition) is 4. The smallest absolute Gasteiger partial charge is 0.246 e. The Morgan fingerprint density at radius 3 is 2.68 bits per heavy atom. The summed E-state index contributed by atoms with van der Waals surface area (Å²) >= 11 is 0. The van der Waals surface area contributed by atoms with E-state index >= 15 is 0 Å². The Labute approximate surface area is 196 Å². The topological polar surface area (TPSA) is 145 Å². The highest BCUT2D eigenvalue weighted by atomic mass is 32.2. The number of aromatic amines is 2. The highest BCUT2D eigenvalue weighted by Crippen LogP contribution is 2.41. The molecule has 3 atom stereocenters. The lowest BCUT2D eigenvalue weighted by atomic mass is 9.99. The number of rotatable bonds is 6. The predicted octanol–water partition coefficient (Wildman–Crippen LogP) is 2.92. The van der Waals surface area contributed by atoms with Crippen molar-refractivity contribution in [3.63, 3.8) is 0 Å². The first-order valence-corrected chi connectivity index (χ1v) is 12.7. The third-order valence-electron chi connectivity index (χ3n) is 6.62. The van der Waals surface area contributed by atoms with Crippen molar-refractivity contribution in [2.45, 2.75) is 55.6 Å². The molecule has 2 aliphatic rings. The van der Waals surface area contributed by atoms with Crippen molar-refractivity contribution in [2.24, 2.45) is 0 Å². The minimum absolute atomic E-state index is 0.0473. The molecule has 4 N–H and O–H groups in total. The zero-order valence-corrected chi connectivity index (χ0v) is 19.4. The van der Waals surface area contributed by atoms with E-state index in [2.05, 4.69) is 36.0 Å². The van der Waals surface area contributed by atoms with E-state index in [0.717, 1.165) is 35.3 Å². The summed E-state index contributed by atoms with van der Waals surface area (Å²) in [4.78, 5) is 9.55. The number of fused-ring (bicyclic) bond motifs is 3. The molecule has 0 aliphatic carbocycles. The summed E-state index contributed by atoms with van der Waals surface area (Å²) in [6, 6.07) is 7.70. The lowest BCUT2D eigenvalue weighted by Crippen LogP contribution is -2.49. The van der Waals surface area contributed by atoms with Gasteiger partial charge < -0.3 is 10.6 Å². The van der Waals surface area contributed by atoms with Crippen LogP contribution in [0.2, 0.25) is 0 Å². The number of nitrogens with zero attached hydrogens (tertiary/aromatic N) is 5. The lowest BCUT2D eigenvalue weighted by molar-refractivity contribution is 0.234. The van der Waals surface area contributed by atoms with Gasteiger partial charge in [0.05, 0.1) is 11.7 Å². The van der Waals surface area contributed by atoms with Gasteiger partial charge in [0.15, 0.2) is 5.82 Å². The Morgan fingerprint density at radius 2 is 1.97 bits per heavy atom. The maximum atomic E-state index is 13.2. The van der Waals surface area contributed by atoms with Crippen molar-refractivity contribution in [1.29, 1.82) is 0 Å². The van der Waals surface area contributed by atoms with Gasteiger partial charge in [-0.2, -0.15) is 14.5 Å². The van der Waals surface area contributed by atoms with E-state index in [9.17, 15) is 8.42 Å². The zero-order valence-electron chi connectivity index (χ0n) is 18.6. The number of anilines is 3. The standard InChI is InChI=1S/C22H25N9O2S/c1-13-7-21(30-29-13)27-20-10-19-18(3-2-6-23-19)22(28-20)26-14-8-15-4-5-16(9-14)31(15)34(32,33)17-11-24-25-12-17/h2-3,6-7,10-12,14-16H,4-5,8-9H2,1H3,(H,24,25)(H3,26,27,28,29,30)/t14?,15-,16+. The largest absolute Gasteiger partial charge is 0.367 e. The average Bonchev–Trinajstić information content (AvgIpc) is 3.55. The van der Waals surface area contributed by atoms with Crippen LogP contribution in [0.25, 0.3) is 10.9 Å². The molecule has 0 spiro atoms. The van der Waals surface area contributed by atoms with Crippen LogP contribution in [0.1, 0.15) is 31.4 Å². The van der Waals surface area contributed by atoms with E-state index in [1.807, 2.05) is 31.2 Å². The van der Waals surface area contributed by atoms with Crippen molar-refractivity contribution in [1.82, 2.24) is 34.7 Å². The fourth-order valence-corrected chi connectivity index (χ4v) is 7.00. The van der Waals surface area contributed by atoms with Gasteiger partial charge in [0, 0.05) is 53.7 Å². The number of aromatic nitrogens is 6. The first kappa shape index (κ1) is 21.1. The summed E-state index contributed by atoms with van der Waals surface area (Å²) < 4.78 is 28.0. The van der Waals surface area contributed by atoms with Crippen LogP contribution in [-0.2, 0) is 10.0 Å². The minimum atomic E-state index is -3.56. The Balaban J connectivity index is 1.26. The molecule has 4 aromatic heterocycles. The molecule has 0 amide bonds. The van der Waals surface area contributed by atoms with Crippen molar-refractivity contribution in [3.05, 3.63) is 48.5 Å². The maximum absolute atomic E-state index is 13.2. The number of piperidine rings is 1. The molecule has 34 heavy (non-hydrogen) atoms. The summed E-state index contributed by atoms with van der Waals surface area (Å²) in [5.41, 5.74) is 1.77. The molecular formula is C22H25N9O2S. The highest BCUT2D eigenvalue weighted by Gasteiger charge is 2.47. The van der Waals surface area contributed by atoms with Crippen LogP contribution in [0.15, 0.2) is 47.8 Å². The minimum Gasteiger partial charge on any atom is -0.367 e. The summed E-state index contributed by atoms with van der Waals surface area (Å²) in [5, 5.41) is 21.3. The number of H-pyrrole nitrogens is 2.